The molecule has 0 atom stereocenters. The summed E-state index contributed by atoms with van der Waals surface area (Å²) in [4.78, 5) is 0. The second-order valence-corrected chi connectivity index (χ2v) is 105. The molecule has 0 unspecified atom stereocenters. The van der Waals surface area contributed by atoms with E-state index in [4.69, 9.17) is 0 Å². The zero-order valence-corrected chi connectivity index (χ0v) is 27.4. The number of fused-ring (bicyclic) bond motifs is 1. The van der Waals surface area contributed by atoms with Gasteiger partial charge in [-0.25, -0.2) is 0 Å². The number of hydrogen-bond donors (Lipinski definition) is 0. The summed E-state index contributed by atoms with van der Waals surface area (Å²) < 4.78 is 0. The average molecular weight is 463 g/mol. The van der Waals surface area contributed by atoms with E-state index < -0.39 is 57.8 Å². The maximum Gasteiger partial charge on any atom is 0.0309 e. The summed E-state index contributed by atoms with van der Waals surface area (Å²) in [5.41, 5.74) is 3.72. The molecular formula is C16H46Si8. The minimum atomic E-state index is -1.08. The molecule has 24 heavy (non-hydrogen) atoms. The Kier molecular flexibility index (Phi) is 4.78. The van der Waals surface area contributed by atoms with Gasteiger partial charge in [0.05, 0.1) is 0 Å². The van der Waals surface area contributed by atoms with Crippen LogP contribution in [0, 0.1) is 0 Å². The van der Waals surface area contributed by atoms with Crippen LogP contribution in [0.3, 0.4) is 0 Å². The summed E-state index contributed by atoms with van der Waals surface area (Å²) in [6.07, 6.45) is -2.14. The van der Waals surface area contributed by atoms with Crippen LogP contribution >= 0.6 is 0 Å². The SMILES string of the molecule is C[Si](C)(C)[Si]12[Si](C)(C)C[Si](C)(C)[Si]1([Si](C)(C)C)[Si](C)(C)C[Si]2(C)C. The van der Waals surface area contributed by atoms with Crippen LogP contribution in [0.5, 0.6) is 0 Å². The van der Waals surface area contributed by atoms with Crippen LogP contribution in [0.1, 0.15) is 0 Å². The van der Waals surface area contributed by atoms with Crippen molar-refractivity contribution in [2.24, 2.45) is 0 Å². The topological polar surface area (TPSA) is 0 Å². The van der Waals surface area contributed by atoms with E-state index in [-0.39, 0.29) is 0 Å². The second kappa shape index (κ2) is 5.21. The number of hydrogen-bond acceptors (Lipinski definition) is 0. The Morgan fingerprint density at radius 1 is 0.417 bits per heavy atom. The van der Waals surface area contributed by atoms with Crippen LogP contribution in [0.25, 0.3) is 0 Å². The molecule has 0 N–H and O–H groups in total. The van der Waals surface area contributed by atoms with E-state index in [1.165, 1.54) is 0 Å². The Labute approximate surface area is 160 Å². The number of rotatable bonds is 2. The molecule has 0 aromatic rings. The minimum Gasteiger partial charge on any atom is -0.0721 e. The van der Waals surface area contributed by atoms with Gasteiger partial charge in [-0.3, -0.25) is 0 Å². The molecule has 0 aliphatic carbocycles. The van der Waals surface area contributed by atoms with Crippen LogP contribution in [-0.4, -0.2) is 57.8 Å². The first-order chi connectivity index (χ1) is 10.2. The molecule has 0 saturated carbocycles. The van der Waals surface area contributed by atoms with Gasteiger partial charge in [-0.15, -0.1) is 0 Å². The van der Waals surface area contributed by atoms with Crippen molar-refractivity contribution in [3.8, 4) is 0 Å². The van der Waals surface area contributed by atoms with Gasteiger partial charge < -0.3 is 0 Å². The Balaban J connectivity index is 3.16. The maximum absolute atomic E-state index is 2.98. The molecule has 0 spiro atoms. The third-order valence-corrected chi connectivity index (χ3v) is 238. The van der Waals surface area contributed by atoms with Gasteiger partial charge in [-0.1, -0.05) is 103 Å². The van der Waals surface area contributed by atoms with Gasteiger partial charge in [-0.2, -0.15) is 0 Å². The monoisotopic (exact) mass is 462 g/mol. The molecule has 2 aliphatic heterocycles. The Hall–Kier alpha value is 1.74. The minimum absolute atomic E-state index is 1.04. The quantitative estimate of drug-likeness (QED) is 0.438. The van der Waals surface area contributed by atoms with E-state index in [9.17, 15) is 0 Å². The fraction of sp³-hybridized carbons (Fsp3) is 1.00. The summed E-state index contributed by atoms with van der Waals surface area (Å²) in [6.45, 7) is 41.3. The van der Waals surface area contributed by atoms with Gasteiger partial charge in [0.15, 0.2) is 0 Å². The van der Waals surface area contributed by atoms with E-state index in [0.29, 0.717) is 0 Å². The van der Waals surface area contributed by atoms with E-state index >= 15 is 0 Å². The third kappa shape index (κ3) is 2.08. The van der Waals surface area contributed by atoms with Gasteiger partial charge in [-0.05, 0) is 0 Å². The lowest BCUT2D eigenvalue weighted by atomic mass is 11.8. The summed E-state index contributed by atoms with van der Waals surface area (Å²) >= 11 is 0. The highest BCUT2D eigenvalue weighted by Gasteiger charge is 2.91. The van der Waals surface area contributed by atoms with E-state index in [1.54, 1.807) is 0 Å². The molecule has 2 heterocycles. The summed E-state index contributed by atoms with van der Waals surface area (Å²) in [6, 6.07) is 0. The Bertz CT molecular complexity index is 469. The smallest absolute Gasteiger partial charge is 0.0309 e. The molecule has 142 valence electrons. The zero-order chi connectivity index (χ0) is 19.4. The first-order valence-corrected chi connectivity index (χ1v) is 41.0. The highest BCUT2D eigenvalue weighted by atomic mass is 30.5. The van der Waals surface area contributed by atoms with Gasteiger partial charge in [0.2, 0.25) is 0 Å². The molecule has 0 amide bonds. The average Bonchev–Trinajstić information content (AvgIpc) is 2.43. The first kappa shape index (κ1) is 22.0. The summed E-state index contributed by atoms with van der Waals surface area (Å²) in [5.74, 6) is 0. The maximum atomic E-state index is 2.98. The van der Waals surface area contributed by atoms with Crippen LogP contribution in [0.4, 0.5) is 0 Å². The van der Waals surface area contributed by atoms with E-state index in [2.05, 4.69) is 91.7 Å². The third-order valence-electron chi connectivity index (χ3n) is 8.64. The van der Waals surface area contributed by atoms with E-state index in [0.717, 1.165) is 0 Å². The van der Waals surface area contributed by atoms with Gasteiger partial charge in [0.1, 0.15) is 0 Å². The van der Waals surface area contributed by atoms with Crippen molar-refractivity contribution < 1.29 is 0 Å². The molecule has 0 aromatic heterocycles. The molecule has 0 aromatic carbocycles. The molecule has 8 heteroatoms. The first-order valence-electron chi connectivity index (χ1n) is 10.2. The Morgan fingerprint density at radius 3 is 0.708 bits per heavy atom. The lowest BCUT2D eigenvalue weighted by molar-refractivity contribution is 1.61. The Morgan fingerprint density at radius 2 is 0.583 bits per heavy atom. The van der Waals surface area contributed by atoms with Gasteiger partial charge >= 0.3 is 0 Å². The van der Waals surface area contributed by atoms with Crippen molar-refractivity contribution in [3.05, 3.63) is 0 Å². The fourth-order valence-electron chi connectivity index (χ4n) is 11.8. The van der Waals surface area contributed by atoms with Crippen molar-refractivity contribution in [1.82, 2.24) is 0 Å². The molecule has 2 rings (SSSR count). The van der Waals surface area contributed by atoms with Crippen LogP contribution in [-0.2, 0) is 0 Å². The van der Waals surface area contributed by atoms with Crippen molar-refractivity contribution >= 4 is 57.8 Å². The molecule has 2 aliphatic rings. The lowest BCUT2D eigenvalue weighted by Gasteiger charge is -2.66. The largest absolute Gasteiger partial charge is 0.0721 e. The van der Waals surface area contributed by atoms with Crippen molar-refractivity contribution in [2.45, 2.75) is 103 Å². The fourth-order valence-corrected chi connectivity index (χ4v) is 497. The highest BCUT2D eigenvalue weighted by Crippen LogP contribution is 2.65. The molecule has 0 nitrogen and oxygen atoms in total. The molecule has 0 radical (unpaired) electrons. The normalized spacial score (nSPS) is 39.8. The molecule has 2 saturated heterocycles. The van der Waals surface area contributed by atoms with Crippen LogP contribution < -0.4 is 0 Å². The van der Waals surface area contributed by atoms with Crippen LogP contribution in [0.2, 0.25) is 103 Å². The van der Waals surface area contributed by atoms with Crippen molar-refractivity contribution in [1.29, 1.82) is 0 Å². The second-order valence-electron chi connectivity index (χ2n) is 13.9. The predicted molar refractivity (Wildman–Crippen MR) is 138 cm³/mol. The molecule has 0 bridgehead atoms. The molecule has 2 fully saturated rings. The summed E-state index contributed by atoms with van der Waals surface area (Å²) in [5, 5.41) is 0. The molecular weight excluding hydrogens is 417 g/mol. The zero-order valence-electron chi connectivity index (χ0n) is 19.4. The van der Waals surface area contributed by atoms with Gasteiger partial charge in [0.25, 0.3) is 0 Å². The highest BCUT2D eigenvalue weighted by molar-refractivity contribution is 8.33. The van der Waals surface area contributed by atoms with E-state index in [1.807, 2.05) is 11.3 Å². The van der Waals surface area contributed by atoms with Crippen molar-refractivity contribution in [3.63, 3.8) is 0 Å². The van der Waals surface area contributed by atoms with Gasteiger partial charge in [0, 0.05) is 57.8 Å². The van der Waals surface area contributed by atoms with Crippen molar-refractivity contribution in [2.75, 3.05) is 0 Å². The lowest BCUT2D eigenvalue weighted by Crippen LogP contribution is -2.99. The standard InChI is InChI=1S/C16H46Si8/c1-17(2,3)23-19(7,8)15-21(11,12)24(23,18(4,5)6)22(13,14)16-20(23,9)10/h15-16H2,1-14H3. The van der Waals surface area contributed by atoms with Crippen LogP contribution in [0.15, 0.2) is 0 Å². The predicted octanol–water partition coefficient (Wildman–Crippen LogP) is 6.05. The summed E-state index contributed by atoms with van der Waals surface area (Å²) in [7, 11) is -6.32.